The number of nitrogens with two attached hydrogens (primary N) is 1. The predicted octanol–water partition coefficient (Wildman–Crippen LogP) is 0.818. The molecule has 13 heavy (non-hydrogen) atoms. The number of rotatable bonds is 7. The van der Waals surface area contributed by atoms with Crippen molar-refractivity contribution in [1.82, 2.24) is 4.90 Å². The Labute approximate surface area is 81.9 Å². The highest BCUT2D eigenvalue weighted by atomic mass is 16.3. The van der Waals surface area contributed by atoms with Crippen molar-refractivity contribution in [3.05, 3.63) is 0 Å². The monoisotopic (exact) mass is 188 g/mol. The Bertz CT molecular complexity index is 126. The van der Waals surface area contributed by atoms with E-state index in [0.717, 1.165) is 25.9 Å². The first-order valence-electron chi connectivity index (χ1n) is 5.14. The van der Waals surface area contributed by atoms with E-state index in [-0.39, 0.29) is 12.1 Å². The second-order valence-corrected chi connectivity index (χ2v) is 4.08. The van der Waals surface area contributed by atoms with Crippen molar-refractivity contribution >= 4 is 0 Å². The van der Waals surface area contributed by atoms with Gasteiger partial charge in [-0.15, -0.1) is 0 Å². The number of hydrogen-bond acceptors (Lipinski definition) is 3. The van der Waals surface area contributed by atoms with Gasteiger partial charge in [-0.3, -0.25) is 4.90 Å². The van der Waals surface area contributed by atoms with Crippen LogP contribution in [0.25, 0.3) is 0 Å². The summed E-state index contributed by atoms with van der Waals surface area (Å²) < 4.78 is 0. The lowest BCUT2D eigenvalue weighted by atomic mass is 10.0. The van der Waals surface area contributed by atoms with Crippen molar-refractivity contribution in [3.8, 4) is 0 Å². The van der Waals surface area contributed by atoms with E-state index >= 15 is 0 Å². The Morgan fingerprint density at radius 2 is 1.92 bits per heavy atom. The molecule has 0 aromatic rings. The minimum atomic E-state index is 0.0607. The van der Waals surface area contributed by atoms with E-state index < -0.39 is 0 Å². The lowest BCUT2D eigenvalue weighted by Crippen LogP contribution is -2.50. The molecule has 0 aliphatic carbocycles. The molecule has 0 rings (SSSR count). The first kappa shape index (κ1) is 12.9. The Morgan fingerprint density at radius 1 is 1.31 bits per heavy atom. The van der Waals surface area contributed by atoms with E-state index in [1.807, 2.05) is 0 Å². The molecule has 80 valence electrons. The van der Waals surface area contributed by atoms with Gasteiger partial charge in [-0.2, -0.15) is 0 Å². The molecule has 0 atom stereocenters. The van der Waals surface area contributed by atoms with E-state index in [1.165, 1.54) is 0 Å². The minimum Gasteiger partial charge on any atom is -0.396 e. The van der Waals surface area contributed by atoms with Crippen molar-refractivity contribution in [2.24, 2.45) is 5.73 Å². The van der Waals surface area contributed by atoms with Gasteiger partial charge >= 0.3 is 0 Å². The van der Waals surface area contributed by atoms with Gasteiger partial charge in [0.25, 0.3) is 0 Å². The predicted molar refractivity (Wildman–Crippen MR) is 56.7 cm³/mol. The topological polar surface area (TPSA) is 49.5 Å². The second kappa shape index (κ2) is 6.35. The zero-order valence-electron chi connectivity index (χ0n) is 9.21. The van der Waals surface area contributed by atoms with Crippen LogP contribution in [-0.2, 0) is 0 Å². The molecule has 0 aliphatic heterocycles. The Balaban J connectivity index is 4.05. The SMILES string of the molecule is CCCN(CCCO)C(C)(C)CN. The molecule has 0 unspecified atom stereocenters. The summed E-state index contributed by atoms with van der Waals surface area (Å²) in [7, 11) is 0. The average molecular weight is 188 g/mol. The van der Waals surface area contributed by atoms with Gasteiger partial charge in [-0.05, 0) is 33.2 Å². The van der Waals surface area contributed by atoms with Gasteiger partial charge in [-0.1, -0.05) is 6.92 Å². The first-order valence-corrected chi connectivity index (χ1v) is 5.14. The molecular formula is C10H24N2O. The summed E-state index contributed by atoms with van der Waals surface area (Å²) in [6.45, 7) is 9.40. The quantitative estimate of drug-likeness (QED) is 0.622. The molecule has 0 bridgehead atoms. The van der Waals surface area contributed by atoms with Crippen LogP contribution in [0.5, 0.6) is 0 Å². The summed E-state index contributed by atoms with van der Waals surface area (Å²) in [5, 5.41) is 8.76. The van der Waals surface area contributed by atoms with Crippen LogP contribution in [0.3, 0.4) is 0 Å². The molecule has 0 aromatic carbocycles. The van der Waals surface area contributed by atoms with E-state index in [9.17, 15) is 0 Å². The third kappa shape index (κ3) is 4.60. The van der Waals surface area contributed by atoms with Crippen LogP contribution in [0.2, 0.25) is 0 Å². The fourth-order valence-electron chi connectivity index (χ4n) is 1.38. The lowest BCUT2D eigenvalue weighted by molar-refractivity contribution is 0.115. The normalized spacial score (nSPS) is 12.5. The largest absolute Gasteiger partial charge is 0.396 e. The highest BCUT2D eigenvalue weighted by Gasteiger charge is 2.23. The van der Waals surface area contributed by atoms with Crippen molar-refractivity contribution in [2.45, 2.75) is 39.2 Å². The lowest BCUT2D eigenvalue weighted by Gasteiger charge is -2.37. The molecule has 0 saturated carbocycles. The first-order chi connectivity index (χ1) is 6.08. The molecule has 3 nitrogen and oxygen atoms in total. The molecule has 3 N–H and O–H groups in total. The van der Waals surface area contributed by atoms with E-state index in [2.05, 4.69) is 25.7 Å². The van der Waals surface area contributed by atoms with Crippen LogP contribution < -0.4 is 5.73 Å². The van der Waals surface area contributed by atoms with Crippen LogP contribution in [0.4, 0.5) is 0 Å². The Morgan fingerprint density at radius 3 is 2.31 bits per heavy atom. The Hall–Kier alpha value is -0.120. The highest BCUT2D eigenvalue weighted by molar-refractivity contribution is 4.81. The minimum absolute atomic E-state index is 0.0607. The standard InChI is InChI=1S/C10H24N2O/c1-4-6-12(7-5-8-13)10(2,3)9-11/h13H,4-9,11H2,1-3H3. The van der Waals surface area contributed by atoms with Gasteiger partial charge in [-0.25, -0.2) is 0 Å². The van der Waals surface area contributed by atoms with Crippen molar-refractivity contribution in [3.63, 3.8) is 0 Å². The molecular weight excluding hydrogens is 164 g/mol. The molecule has 0 heterocycles. The van der Waals surface area contributed by atoms with Crippen LogP contribution in [0.15, 0.2) is 0 Å². The zero-order valence-corrected chi connectivity index (χ0v) is 9.21. The van der Waals surface area contributed by atoms with Crippen LogP contribution in [0.1, 0.15) is 33.6 Å². The van der Waals surface area contributed by atoms with E-state index in [0.29, 0.717) is 6.54 Å². The van der Waals surface area contributed by atoms with E-state index in [1.54, 1.807) is 0 Å². The fraction of sp³-hybridized carbons (Fsp3) is 1.00. The maximum Gasteiger partial charge on any atom is 0.0443 e. The third-order valence-electron chi connectivity index (χ3n) is 2.44. The molecule has 0 saturated heterocycles. The number of aliphatic hydroxyl groups excluding tert-OH is 1. The maximum absolute atomic E-state index is 8.76. The summed E-state index contributed by atoms with van der Waals surface area (Å²) in [5.74, 6) is 0. The summed E-state index contributed by atoms with van der Waals surface area (Å²) in [5.41, 5.74) is 5.77. The van der Waals surface area contributed by atoms with E-state index in [4.69, 9.17) is 10.8 Å². The molecule has 0 spiro atoms. The zero-order chi connectivity index (χ0) is 10.3. The molecule has 0 aromatic heterocycles. The maximum atomic E-state index is 8.76. The number of aliphatic hydroxyl groups is 1. The second-order valence-electron chi connectivity index (χ2n) is 4.08. The summed E-state index contributed by atoms with van der Waals surface area (Å²) in [6, 6.07) is 0. The molecule has 0 fully saturated rings. The molecule has 3 heteroatoms. The highest BCUT2D eigenvalue weighted by Crippen LogP contribution is 2.13. The van der Waals surface area contributed by atoms with Crippen LogP contribution in [-0.4, -0.2) is 41.8 Å². The number of hydrogen-bond donors (Lipinski definition) is 2. The van der Waals surface area contributed by atoms with Crippen LogP contribution in [0, 0.1) is 0 Å². The summed E-state index contributed by atoms with van der Waals surface area (Å²) >= 11 is 0. The molecule has 0 amide bonds. The van der Waals surface area contributed by atoms with Crippen molar-refractivity contribution < 1.29 is 5.11 Å². The van der Waals surface area contributed by atoms with Crippen molar-refractivity contribution in [2.75, 3.05) is 26.2 Å². The molecule has 0 radical (unpaired) electrons. The smallest absolute Gasteiger partial charge is 0.0443 e. The molecule has 0 aliphatic rings. The third-order valence-corrected chi connectivity index (χ3v) is 2.44. The average Bonchev–Trinajstić information content (AvgIpc) is 2.12. The van der Waals surface area contributed by atoms with Gasteiger partial charge in [0.2, 0.25) is 0 Å². The summed E-state index contributed by atoms with van der Waals surface area (Å²) in [6.07, 6.45) is 1.97. The summed E-state index contributed by atoms with van der Waals surface area (Å²) in [4.78, 5) is 2.35. The number of nitrogens with zero attached hydrogens (tertiary/aromatic N) is 1. The van der Waals surface area contributed by atoms with Gasteiger partial charge in [0.15, 0.2) is 0 Å². The van der Waals surface area contributed by atoms with Crippen LogP contribution >= 0.6 is 0 Å². The van der Waals surface area contributed by atoms with Gasteiger partial charge in [0, 0.05) is 25.2 Å². The van der Waals surface area contributed by atoms with Crippen molar-refractivity contribution in [1.29, 1.82) is 0 Å². The fourth-order valence-corrected chi connectivity index (χ4v) is 1.38. The van der Waals surface area contributed by atoms with Gasteiger partial charge in [0.05, 0.1) is 0 Å². The van der Waals surface area contributed by atoms with Gasteiger partial charge < -0.3 is 10.8 Å². The van der Waals surface area contributed by atoms with Gasteiger partial charge in [0.1, 0.15) is 0 Å². The Kier molecular flexibility index (Phi) is 6.29.